The molecule has 0 atom stereocenters. The van der Waals surface area contributed by atoms with Gasteiger partial charge in [0.05, 0.1) is 0 Å². The van der Waals surface area contributed by atoms with Gasteiger partial charge in [0.2, 0.25) is 11.8 Å². The summed E-state index contributed by atoms with van der Waals surface area (Å²) in [5.41, 5.74) is 3.40. The molecule has 1 aromatic carbocycles. The normalized spacial score (nSPS) is 9.75. The van der Waals surface area contributed by atoms with Gasteiger partial charge in [0.1, 0.15) is 0 Å². The minimum atomic E-state index is -0.102. The second-order valence-electron chi connectivity index (χ2n) is 3.84. The summed E-state index contributed by atoms with van der Waals surface area (Å²) in [6.07, 6.45) is 0. The van der Waals surface area contributed by atoms with Crippen LogP contribution in [0.15, 0.2) is 12.1 Å². The van der Waals surface area contributed by atoms with Crippen LogP contribution < -0.4 is 10.6 Å². The van der Waals surface area contributed by atoms with Gasteiger partial charge < -0.3 is 10.6 Å². The molecule has 4 nitrogen and oxygen atoms in total. The van der Waals surface area contributed by atoms with Crippen LogP contribution in [0.25, 0.3) is 0 Å². The summed E-state index contributed by atoms with van der Waals surface area (Å²) in [7, 11) is 0. The second-order valence-corrected chi connectivity index (χ2v) is 3.84. The summed E-state index contributed by atoms with van der Waals surface area (Å²) in [5.74, 6) is -0.204. The highest BCUT2D eigenvalue weighted by atomic mass is 16.2. The van der Waals surface area contributed by atoms with Crippen molar-refractivity contribution in [3.63, 3.8) is 0 Å². The van der Waals surface area contributed by atoms with Gasteiger partial charge in [-0.25, -0.2) is 0 Å². The van der Waals surface area contributed by atoms with E-state index in [1.165, 1.54) is 13.8 Å². The number of anilines is 2. The van der Waals surface area contributed by atoms with Crippen molar-refractivity contribution in [1.82, 2.24) is 0 Å². The van der Waals surface area contributed by atoms with E-state index >= 15 is 0 Å². The topological polar surface area (TPSA) is 58.2 Å². The molecule has 1 aromatic rings. The number of amides is 2. The van der Waals surface area contributed by atoms with Crippen molar-refractivity contribution < 1.29 is 9.59 Å². The molecule has 16 heavy (non-hydrogen) atoms. The third-order valence-electron chi connectivity index (χ3n) is 2.19. The third kappa shape index (κ3) is 3.08. The van der Waals surface area contributed by atoms with Gasteiger partial charge in [0.15, 0.2) is 0 Å². The number of rotatable bonds is 2. The minimum Gasteiger partial charge on any atom is -0.326 e. The smallest absolute Gasteiger partial charge is 0.221 e. The lowest BCUT2D eigenvalue weighted by Crippen LogP contribution is -2.10. The molecule has 2 amide bonds. The van der Waals surface area contributed by atoms with Gasteiger partial charge >= 0.3 is 0 Å². The maximum Gasteiger partial charge on any atom is 0.221 e. The van der Waals surface area contributed by atoms with Crippen LogP contribution in [0.3, 0.4) is 0 Å². The number of hydrogen-bond donors (Lipinski definition) is 2. The highest BCUT2D eigenvalue weighted by molar-refractivity contribution is 5.92. The monoisotopic (exact) mass is 220 g/mol. The quantitative estimate of drug-likeness (QED) is 0.802. The highest BCUT2D eigenvalue weighted by Crippen LogP contribution is 2.24. The number of hydrogen-bond acceptors (Lipinski definition) is 2. The van der Waals surface area contributed by atoms with Crippen molar-refractivity contribution in [1.29, 1.82) is 0 Å². The lowest BCUT2D eigenvalue weighted by Gasteiger charge is -2.12. The maximum absolute atomic E-state index is 11.0. The van der Waals surface area contributed by atoms with Gasteiger partial charge in [0.25, 0.3) is 0 Å². The fraction of sp³-hybridized carbons (Fsp3) is 0.333. The molecule has 0 fully saturated rings. The van der Waals surface area contributed by atoms with Crippen LogP contribution in [0.4, 0.5) is 11.4 Å². The summed E-state index contributed by atoms with van der Waals surface area (Å²) < 4.78 is 0. The Morgan fingerprint density at radius 3 is 1.44 bits per heavy atom. The molecule has 0 saturated heterocycles. The van der Waals surface area contributed by atoms with Crippen LogP contribution in [-0.2, 0) is 9.59 Å². The first-order valence-corrected chi connectivity index (χ1v) is 5.06. The first-order chi connectivity index (χ1) is 7.40. The van der Waals surface area contributed by atoms with E-state index in [0.717, 1.165) is 22.5 Å². The lowest BCUT2D eigenvalue weighted by molar-refractivity contribution is -0.115. The molecule has 4 heteroatoms. The van der Waals surface area contributed by atoms with E-state index < -0.39 is 0 Å². The minimum absolute atomic E-state index is 0.102. The predicted molar refractivity (Wildman–Crippen MR) is 64.5 cm³/mol. The van der Waals surface area contributed by atoms with Gasteiger partial charge in [-0.3, -0.25) is 9.59 Å². The molecule has 0 unspecified atom stereocenters. The molecule has 1 rings (SSSR count). The lowest BCUT2D eigenvalue weighted by atomic mass is 10.1. The SMILES string of the molecule is CC(=O)Nc1cc(C)c(NC(C)=O)cc1C. The van der Waals surface area contributed by atoms with Crippen molar-refractivity contribution in [3.05, 3.63) is 23.3 Å². The van der Waals surface area contributed by atoms with E-state index in [1.54, 1.807) is 0 Å². The van der Waals surface area contributed by atoms with Gasteiger partial charge in [-0.2, -0.15) is 0 Å². The maximum atomic E-state index is 11.0. The Morgan fingerprint density at radius 2 is 1.19 bits per heavy atom. The number of carbonyl (C=O) groups is 2. The number of nitrogens with one attached hydrogen (secondary N) is 2. The van der Waals surface area contributed by atoms with Crippen molar-refractivity contribution in [2.45, 2.75) is 27.7 Å². The molecule has 0 aliphatic carbocycles. The van der Waals surface area contributed by atoms with Crippen LogP contribution in [0.1, 0.15) is 25.0 Å². The second kappa shape index (κ2) is 4.79. The Balaban J connectivity index is 3.06. The summed E-state index contributed by atoms with van der Waals surface area (Å²) in [6, 6.07) is 3.70. The van der Waals surface area contributed by atoms with E-state index in [1.807, 2.05) is 26.0 Å². The summed E-state index contributed by atoms with van der Waals surface area (Å²) in [5, 5.41) is 5.49. The molecule has 0 aliphatic rings. The standard InChI is InChI=1S/C12H16N2O2/c1-7-5-12(14-10(4)16)8(2)6-11(7)13-9(3)15/h5-6H,1-4H3,(H,13,15)(H,14,16). The number of aryl methyl sites for hydroxylation is 2. The summed E-state index contributed by atoms with van der Waals surface area (Å²) >= 11 is 0. The van der Waals surface area contributed by atoms with Gasteiger partial charge in [-0.05, 0) is 37.1 Å². The first kappa shape index (κ1) is 12.2. The number of benzene rings is 1. The number of carbonyl (C=O) groups excluding carboxylic acids is 2. The van der Waals surface area contributed by atoms with E-state index in [9.17, 15) is 9.59 Å². The molecule has 0 radical (unpaired) electrons. The van der Waals surface area contributed by atoms with E-state index in [0.29, 0.717) is 0 Å². The molecule has 0 saturated carbocycles. The van der Waals surface area contributed by atoms with Crippen LogP contribution in [-0.4, -0.2) is 11.8 Å². The fourth-order valence-corrected chi connectivity index (χ4v) is 1.46. The van der Waals surface area contributed by atoms with Crippen LogP contribution in [0.2, 0.25) is 0 Å². The average molecular weight is 220 g/mol. The Hall–Kier alpha value is -1.84. The molecule has 2 N–H and O–H groups in total. The van der Waals surface area contributed by atoms with Crippen molar-refractivity contribution >= 4 is 23.2 Å². The van der Waals surface area contributed by atoms with E-state index in [2.05, 4.69) is 10.6 Å². The first-order valence-electron chi connectivity index (χ1n) is 5.06. The Bertz CT molecular complexity index is 397. The Morgan fingerprint density at radius 1 is 0.875 bits per heavy atom. The van der Waals surface area contributed by atoms with Gasteiger partial charge in [-0.1, -0.05) is 0 Å². The molecule has 0 bridgehead atoms. The Kier molecular flexibility index (Phi) is 3.66. The van der Waals surface area contributed by atoms with Crippen LogP contribution in [0.5, 0.6) is 0 Å². The van der Waals surface area contributed by atoms with Crippen LogP contribution >= 0.6 is 0 Å². The molecular formula is C12H16N2O2. The van der Waals surface area contributed by atoms with Crippen LogP contribution in [0, 0.1) is 13.8 Å². The van der Waals surface area contributed by atoms with E-state index in [-0.39, 0.29) is 11.8 Å². The molecule has 86 valence electrons. The zero-order valence-electron chi connectivity index (χ0n) is 9.97. The fourth-order valence-electron chi connectivity index (χ4n) is 1.46. The van der Waals surface area contributed by atoms with Crippen molar-refractivity contribution in [2.24, 2.45) is 0 Å². The summed E-state index contributed by atoms with van der Waals surface area (Å²) in [6.45, 7) is 6.71. The predicted octanol–water partition coefficient (Wildman–Crippen LogP) is 2.22. The summed E-state index contributed by atoms with van der Waals surface area (Å²) in [4.78, 5) is 21.9. The molecule has 0 heterocycles. The van der Waals surface area contributed by atoms with Gasteiger partial charge in [-0.15, -0.1) is 0 Å². The third-order valence-corrected chi connectivity index (χ3v) is 2.19. The molecule has 0 aromatic heterocycles. The highest BCUT2D eigenvalue weighted by Gasteiger charge is 2.06. The largest absolute Gasteiger partial charge is 0.326 e. The van der Waals surface area contributed by atoms with Crippen molar-refractivity contribution in [3.8, 4) is 0 Å². The van der Waals surface area contributed by atoms with Gasteiger partial charge in [0, 0.05) is 25.2 Å². The zero-order valence-corrected chi connectivity index (χ0v) is 9.97. The van der Waals surface area contributed by atoms with E-state index in [4.69, 9.17) is 0 Å². The Labute approximate surface area is 95.0 Å². The average Bonchev–Trinajstić information content (AvgIpc) is 2.11. The zero-order chi connectivity index (χ0) is 12.3. The molecule has 0 spiro atoms. The van der Waals surface area contributed by atoms with Crippen molar-refractivity contribution in [2.75, 3.05) is 10.6 Å². The molecule has 0 aliphatic heterocycles. The molecular weight excluding hydrogens is 204 g/mol.